The lowest BCUT2D eigenvalue weighted by atomic mass is 9.96. The molecule has 89 heavy (non-hydrogen) atoms. The van der Waals surface area contributed by atoms with Crippen LogP contribution in [0.25, 0.3) is 0 Å². The summed E-state index contributed by atoms with van der Waals surface area (Å²) in [4.78, 5) is 13.4. The van der Waals surface area contributed by atoms with E-state index in [0.717, 1.165) is 103 Å². The lowest BCUT2D eigenvalue weighted by Gasteiger charge is -2.48. The molecular weight excluding hydrogens is 1140 g/mol. The fourth-order valence-corrected chi connectivity index (χ4v) is 10.1. The Morgan fingerprint density at radius 2 is 0.787 bits per heavy atom. The number of ether oxygens (including phenoxy) is 6. The summed E-state index contributed by atoms with van der Waals surface area (Å²) in [5.74, 6) is -0.322. The van der Waals surface area contributed by atoms with Crippen molar-refractivity contribution in [3.05, 3.63) is 134 Å². The lowest BCUT2D eigenvalue weighted by molar-refractivity contribution is -0.379. The van der Waals surface area contributed by atoms with Crippen LogP contribution in [0.3, 0.4) is 0 Å². The van der Waals surface area contributed by atoms with E-state index in [4.69, 9.17) is 28.4 Å². The Labute approximate surface area is 530 Å². The number of amides is 1. The molecule has 19 heteroatoms. The monoisotopic (exact) mass is 1260 g/mol. The van der Waals surface area contributed by atoms with E-state index < -0.39 is 131 Å². The van der Waals surface area contributed by atoms with Crippen molar-refractivity contribution in [2.75, 3.05) is 26.4 Å². The molecule has 0 saturated carbocycles. The average Bonchev–Trinajstić information content (AvgIpc) is 2.42. The van der Waals surface area contributed by atoms with Crippen molar-refractivity contribution in [3.8, 4) is 0 Å². The first kappa shape index (κ1) is 79.2. The fourth-order valence-electron chi connectivity index (χ4n) is 10.1. The Hall–Kier alpha value is -4.07. The normalized spacial score (nSPS) is 29.1. The number of hydrogen-bond donors (Lipinski definition) is 12. The maximum atomic E-state index is 13.4. The molecule has 0 spiro atoms. The second-order valence-corrected chi connectivity index (χ2v) is 22.8. The minimum absolute atomic E-state index is 0.192. The van der Waals surface area contributed by atoms with Crippen molar-refractivity contribution in [2.45, 2.75) is 272 Å². The zero-order valence-electron chi connectivity index (χ0n) is 53.1. The molecule has 3 saturated heterocycles. The molecule has 3 aliphatic rings. The van der Waals surface area contributed by atoms with E-state index in [1.54, 1.807) is 6.08 Å². The van der Waals surface area contributed by atoms with E-state index in [1.807, 2.05) is 6.08 Å². The number of carbonyl (C=O) groups is 1. The van der Waals surface area contributed by atoms with Gasteiger partial charge in [0.1, 0.15) is 73.2 Å². The zero-order valence-corrected chi connectivity index (χ0v) is 53.1. The molecule has 3 aliphatic heterocycles. The molecule has 0 aromatic rings. The first-order valence-electron chi connectivity index (χ1n) is 32.9. The summed E-state index contributed by atoms with van der Waals surface area (Å²) >= 11 is 0. The number of hydrogen-bond acceptors (Lipinski definition) is 18. The molecule has 0 aromatic carbocycles. The highest BCUT2D eigenvalue weighted by Gasteiger charge is 2.53. The third kappa shape index (κ3) is 32.9. The fraction of sp³-hybridized carbons (Fsp3) is 0.671. The number of carbonyl (C=O) groups excluding carboxylic acids is 1. The first-order chi connectivity index (χ1) is 43.3. The maximum absolute atomic E-state index is 13.4. The molecule has 1 amide bonds. The molecule has 506 valence electrons. The first-order valence-corrected chi connectivity index (χ1v) is 32.9. The molecule has 3 rings (SSSR count). The summed E-state index contributed by atoms with van der Waals surface area (Å²) in [5, 5.41) is 120. The van der Waals surface area contributed by atoms with Gasteiger partial charge in [-0.1, -0.05) is 186 Å². The minimum atomic E-state index is -1.99. The van der Waals surface area contributed by atoms with E-state index in [-0.39, 0.29) is 12.3 Å². The standard InChI is InChI=1S/C70H113NO18/c1-3-5-7-9-11-13-15-17-19-20-21-22-23-24-25-26-27-28-29-30-31-32-34-36-38-40-42-44-46-48-58(76)71-53(54(75)47-45-43-41-39-37-35-33-18-16-14-12-10-8-6-4-2)52-84-68-64(82)61(79)66(56(50-73)86-68)89-70-65(83)62(80)67(57(51-74)87-70)88-69-63(81)60(78)59(77)55(49-72)85-69/h5,7,11,13,16-19,21-22,24-25,27-28,30-31,34,36-37,39,45,47,53-57,59-70,72-75,77-83H,3-4,6,8-10,12,14-15,20,23,26,29,32-33,35,38,40-44,46,48-52H2,1-2H3,(H,71,76)/b7-5-,13-11-,18-16+,19-17-,22-21-,25-24-,28-27-,31-30-,36-34-,39-37+,47-45+. The summed E-state index contributed by atoms with van der Waals surface area (Å²) in [6.45, 7) is 1.51. The van der Waals surface area contributed by atoms with Crippen molar-refractivity contribution in [2.24, 2.45) is 0 Å². The molecule has 17 atom stereocenters. The Morgan fingerprint density at radius 3 is 1.25 bits per heavy atom. The number of unbranched alkanes of at least 4 members (excludes halogenated alkanes) is 11. The van der Waals surface area contributed by atoms with Crippen molar-refractivity contribution in [1.82, 2.24) is 5.32 Å². The summed E-state index contributed by atoms with van der Waals surface area (Å²) in [6, 6.07) is -1.02. The van der Waals surface area contributed by atoms with Crippen LogP contribution < -0.4 is 5.32 Å². The SMILES string of the molecule is CC/C=C\C/C=C\C/C=C\C/C=C\C/C=C\C/C=C\C/C=C\C/C=C\CCCCCCC(=O)NC(COC1OC(CO)C(OC2OC(CO)C(OC3OC(CO)C(O)C(O)C3O)C(O)C2O)C(O)C1O)C(O)/C=C/CC/C=C/CC/C=C/CCCCCCC. The van der Waals surface area contributed by atoms with Gasteiger partial charge in [-0.05, 0) is 109 Å². The van der Waals surface area contributed by atoms with Gasteiger partial charge in [-0.2, -0.15) is 0 Å². The highest BCUT2D eigenvalue weighted by molar-refractivity contribution is 5.76. The molecule has 0 aromatic heterocycles. The second kappa shape index (κ2) is 50.5. The van der Waals surface area contributed by atoms with Crippen LogP contribution in [0.4, 0.5) is 0 Å². The van der Waals surface area contributed by atoms with Gasteiger partial charge in [0.2, 0.25) is 5.91 Å². The summed E-state index contributed by atoms with van der Waals surface area (Å²) in [5.41, 5.74) is 0. The zero-order chi connectivity index (χ0) is 64.7. The van der Waals surface area contributed by atoms with Crippen molar-refractivity contribution in [1.29, 1.82) is 0 Å². The molecule has 17 unspecified atom stereocenters. The molecule has 0 radical (unpaired) electrons. The molecule has 3 fully saturated rings. The number of allylic oxidation sites excluding steroid dienone is 21. The lowest BCUT2D eigenvalue weighted by Crippen LogP contribution is -2.66. The third-order valence-electron chi connectivity index (χ3n) is 15.4. The van der Waals surface area contributed by atoms with E-state index in [1.165, 1.54) is 32.1 Å². The second-order valence-electron chi connectivity index (χ2n) is 22.8. The number of aliphatic hydroxyl groups excluding tert-OH is 11. The minimum Gasteiger partial charge on any atom is -0.394 e. The quantitative estimate of drug-likeness (QED) is 0.0204. The smallest absolute Gasteiger partial charge is 0.220 e. The summed E-state index contributed by atoms with van der Waals surface area (Å²) in [7, 11) is 0. The maximum Gasteiger partial charge on any atom is 0.220 e. The van der Waals surface area contributed by atoms with E-state index >= 15 is 0 Å². The topological polar surface area (TPSA) is 307 Å². The van der Waals surface area contributed by atoms with Crippen LogP contribution in [0.5, 0.6) is 0 Å². The molecule has 12 N–H and O–H groups in total. The van der Waals surface area contributed by atoms with Gasteiger partial charge in [-0.3, -0.25) is 4.79 Å². The van der Waals surface area contributed by atoms with Crippen LogP contribution in [-0.2, 0) is 33.2 Å². The van der Waals surface area contributed by atoms with Crippen LogP contribution >= 0.6 is 0 Å². The highest BCUT2D eigenvalue weighted by atomic mass is 16.8. The van der Waals surface area contributed by atoms with Crippen LogP contribution in [0.2, 0.25) is 0 Å². The van der Waals surface area contributed by atoms with Gasteiger partial charge in [0, 0.05) is 6.42 Å². The molecule has 3 heterocycles. The van der Waals surface area contributed by atoms with E-state index in [0.29, 0.717) is 12.8 Å². The molecule has 0 bridgehead atoms. The van der Waals surface area contributed by atoms with Crippen LogP contribution in [0, 0.1) is 0 Å². The Morgan fingerprint density at radius 1 is 0.416 bits per heavy atom. The van der Waals surface area contributed by atoms with Crippen LogP contribution in [0.15, 0.2) is 134 Å². The average molecular weight is 1260 g/mol. The van der Waals surface area contributed by atoms with Crippen molar-refractivity contribution < 1.29 is 89.4 Å². The van der Waals surface area contributed by atoms with E-state index in [9.17, 15) is 61.0 Å². The van der Waals surface area contributed by atoms with Crippen LogP contribution in [-0.4, -0.2) is 193 Å². The predicted octanol–water partition coefficient (Wildman–Crippen LogP) is 7.82. The van der Waals surface area contributed by atoms with Gasteiger partial charge in [0.15, 0.2) is 18.9 Å². The largest absolute Gasteiger partial charge is 0.394 e. The van der Waals surface area contributed by atoms with Crippen LogP contribution in [0.1, 0.15) is 168 Å². The summed E-state index contributed by atoms with van der Waals surface area (Å²) < 4.78 is 34.2. The van der Waals surface area contributed by atoms with E-state index in [2.05, 4.69) is 141 Å². The van der Waals surface area contributed by atoms with Gasteiger partial charge in [-0.25, -0.2) is 0 Å². The number of rotatable bonds is 47. The Bertz CT molecular complexity index is 2130. The Kier molecular flexibility index (Phi) is 44.9. The van der Waals surface area contributed by atoms with Crippen molar-refractivity contribution in [3.63, 3.8) is 0 Å². The number of aliphatic hydroxyl groups is 11. The van der Waals surface area contributed by atoms with Gasteiger partial charge in [0.05, 0.1) is 38.6 Å². The van der Waals surface area contributed by atoms with Crippen molar-refractivity contribution >= 4 is 5.91 Å². The predicted molar refractivity (Wildman–Crippen MR) is 346 cm³/mol. The molecular formula is C70H113NO18. The summed E-state index contributed by atoms with van der Waals surface area (Å²) in [6.07, 6.45) is 42.8. The molecule has 0 aliphatic carbocycles. The molecule has 19 nitrogen and oxygen atoms in total. The Balaban J connectivity index is 1.46. The van der Waals surface area contributed by atoms with Gasteiger partial charge in [-0.15, -0.1) is 0 Å². The highest BCUT2D eigenvalue weighted by Crippen LogP contribution is 2.33. The van der Waals surface area contributed by atoms with Gasteiger partial charge in [0.25, 0.3) is 0 Å². The number of nitrogens with one attached hydrogen (secondary N) is 1. The van der Waals surface area contributed by atoms with Gasteiger partial charge < -0.3 is 89.9 Å². The van der Waals surface area contributed by atoms with Gasteiger partial charge >= 0.3 is 0 Å². The third-order valence-corrected chi connectivity index (χ3v) is 15.4.